The Bertz CT molecular complexity index is 522. The van der Waals surface area contributed by atoms with E-state index in [1.807, 2.05) is 12.1 Å². The molecule has 0 saturated carbocycles. The Morgan fingerprint density at radius 2 is 1.87 bits per heavy atom. The number of hydrogen-bond donors (Lipinski definition) is 1. The van der Waals surface area contributed by atoms with Crippen molar-refractivity contribution < 1.29 is 9.53 Å². The third-order valence-corrected chi connectivity index (χ3v) is 4.30. The van der Waals surface area contributed by atoms with Crippen LogP contribution in [0.4, 0.5) is 0 Å². The molecule has 1 saturated heterocycles. The fraction of sp³-hybridized carbons (Fsp3) is 0.556. The second-order valence-electron chi connectivity index (χ2n) is 6.36. The zero-order valence-corrected chi connectivity index (χ0v) is 14.8. The van der Waals surface area contributed by atoms with Crippen LogP contribution in [0.5, 0.6) is 5.75 Å². The molecule has 0 spiro atoms. The molecule has 1 aliphatic heterocycles. The Balaban J connectivity index is 1.83. The molecule has 5 heteroatoms. The number of thiocarbonyl (C=S) groups is 1. The molecule has 1 aliphatic rings. The molecule has 0 unspecified atom stereocenters. The number of rotatable bonds is 5. The largest absolute Gasteiger partial charge is 0.494 e. The summed E-state index contributed by atoms with van der Waals surface area (Å²) in [6.07, 6.45) is 4.54. The van der Waals surface area contributed by atoms with Gasteiger partial charge in [-0.25, -0.2) is 0 Å². The molecule has 2 rings (SSSR count). The summed E-state index contributed by atoms with van der Waals surface area (Å²) in [4.78, 5) is 14.3. The van der Waals surface area contributed by atoms with Crippen molar-refractivity contribution in [1.29, 1.82) is 0 Å². The van der Waals surface area contributed by atoms with E-state index >= 15 is 0 Å². The van der Waals surface area contributed by atoms with Crippen LogP contribution in [0.1, 0.15) is 49.9 Å². The number of likely N-dealkylation sites (tertiary alicyclic amines) is 1. The maximum Gasteiger partial charge on any atom is 0.257 e. The van der Waals surface area contributed by atoms with Crippen LogP contribution in [-0.4, -0.2) is 35.6 Å². The van der Waals surface area contributed by atoms with Crippen LogP contribution in [0.2, 0.25) is 0 Å². The molecule has 0 atom stereocenters. The van der Waals surface area contributed by atoms with Crippen LogP contribution in [0, 0.1) is 5.92 Å². The molecule has 1 aromatic carbocycles. The molecule has 1 aromatic rings. The summed E-state index contributed by atoms with van der Waals surface area (Å²) in [5.41, 5.74) is 0.598. The smallest absolute Gasteiger partial charge is 0.257 e. The number of carbonyl (C=O) groups is 1. The van der Waals surface area contributed by atoms with Crippen molar-refractivity contribution in [3.05, 3.63) is 29.8 Å². The Labute approximate surface area is 144 Å². The summed E-state index contributed by atoms with van der Waals surface area (Å²) in [7, 11) is 0. The summed E-state index contributed by atoms with van der Waals surface area (Å²) in [6.45, 7) is 6.90. The van der Waals surface area contributed by atoms with Gasteiger partial charge in [0.2, 0.25) is 0 Å². The summed E-state index contributed by atoms with van der Waals surface area (Å²) in [5, 5.41) is 3.36. The molecule has 0 aromatic heterocycles. The van der Waals surface area contributed by atoms with E-state index in [-0.39, 0.29) is 5.91 Å². The van der Waals surface area contributed by atoms with Gasteiger partial charge in [-0.2, -0.15) is 0 Å². The minimum Gasteiger partial charge on any atom is -0.494 e. The molecule has 4 nitrogen and oxygen atoms in total. The van der Waals surface area contributed by atoms with Crippen molar-refractivity contribution in [3.63, 3.8) is 0 Å². The van der Waals surface area contributed by atoms with Gasteiger partial charge in [-0.1, -0.05) is 13.8 Å². The van der Waals surface area contributed by atoms with E-state index in [0.717, 1.165) is 38.1 Å². The highest BCUT2D eigenvalue weighted by molar-refractivity contribution is 7.80. The van der Waals surface area contributed by atoms with Crippen molar-refractivity contribution in [2.24, 2.45) is 5.92 Å². The van der Waals surface area contributed by atoms with Crippen molar-refractivity contribution in [2.45, 2.75) is 39.5 Å². The van der Waals surface area contributed by atoms with E-state index < -0.39 is 0 Å². The summed E-state index contributed by atoms with van der Waals surface area (Å²) in [5.74, 6) is 1.26. The highest BCUT2D eigenvalue weighted by Gasteiger charge is 2.16. The minimum absolute atomic E-state index is 0.158. The van der Waals surface area contributed by atoms with Gasteiger partial charge in [-0.05, 0) is 68.1 Å². The van der Waals surface area contributed by atoms with Crippen LogP contribution in [0.25, 0.3) is 0 Å². The zero-order valence-electron chi connectivity index (χ0n) is 14.0. The summed E-state index contributed by atoms with van der Waals surface area (Å²) < 4.78 is 5.66. The Morgan fingerprint density at radius 1 is 1.22 bits per heavy atom. The highest BCUT2D eigenvalue weighted by atomic mass is 32.1. The average molecular weight is 334 g/mol. The van der Waals surface area contributed by atoms with Gasteiger partial charge < -0.3 is 9.64 Å². The predicted octanol–water partition coefficient (Wildman–Crippen LogP) is 3.61. The van der Waals surface area contributed by atoms with Gasteiger partial charge in [0.15, 0.2) is 5.11 Å². The lowest BCUT2D eigenvalue weighted by Gasteiger charge is -2.28. The Morgan fingerprint density at radius 3 is 2.48 bits per heavy atom. The fourth-order valence-corrected chi connectivity index (χ4v) is 2.74. The van der Waals surface area contributed by atoms with E-state index in [9.17, 15) is 4.79 Å². The van der Waals surface area contributed by atoms with Crippen LogP contribution < -0.4 is 10.1 Å². The molecule has 0 aliphatic carbocycles. The number of hydrogen-bond acceptors (Lipinski definition) is 3. The number of nitrogens with one attached hydrogen (secondary N) is 1. The van der Waals surface area contributed by atoms with E-state index in [2.05, 4.69) is 24.1 Å². The van der Waals surface area contributed by atoms with Crippen LogP contribution >= 0.6 is 12.2 Å². The van der Waals surface area contributed by atoms with Crippen molar-refractivity contribution in [2.75, 3.05) is 19.7 Å². The second kappa shape index (κ2) is 8.87. The third kappa shape index (κ3) is 5.82. The lowest BCUT2D eigenvalue weighted by Crippen LogP contribution is -2.44. The predicted molar refractivity (Wildman–Crippen MR) is 96.9 cm³/mol. The summed E-state index contributed by atoms with van der Waals surface area (Å²) in [6, 6.07) is 7.22. The molecule has 0 radical (unpaired) electrons. The van der Waals surface area contributed by atoms with E-state index in [1.54, 1.807) is 12.1 Å². The van der Waals surface area contributed by atoms with E-state index in [0.29, 0.717) is 23.2 Å². The first-order valence-electron chi connectivity index (χ1n) is 8.39. The summed E-state index contributed by atoms with van der Waals surface area (Å²) >= 11 is 5.33. The number of ether oxygens (including phenoxy) is 1. The molecule has 1 heterocycles. The van der Waals surface area contributed by atoms with Crippen LogP contribution in [-0.2, 0) is 0 Å². The highest BCUT2D eigenvalue weighted by Crippen LogP contribution is 2.14. The van der Waals surface area contributed by atoms with Crippen molar-refractivity contribution >= 4 is 23.2 Å². The number of benzene rings is 1. The minimum atomic E-state index is -0.158. The van der Waals surface area contributed by atoms with Crippen LogP contribution in [0.3, 0.4) is 0 Å². The second-order valence-corrected chi connectivity index (χ2v) is 6.75. The molecule has 1 fully saturated rings. The lowest BCUT2D eigenvalue weighted by atomic mass is 10.1. The van der Waals surface area contributed by atoms with E-state index in [4.69, 9.17) is 17.0 Å². The van der Waals surface area contributed by atoms with Crippen LogP contribution in [0.15, 0.2) is 24.3 Å². The lowest BCUT2D eigenvalue weighted by molar-refractivity contribution is 0.0972. The van der Waals surface area contributed by atoms with Crippen molar-refractivity contribution in [3.8, 4) is 5.75 Å². The standard InChI is InChI=1S/C18H26N2O2S/c1-14(2)10-13-22-16-8-6-15(7-9-16)17(21)19-18(23)20-11-4-3-5-12-20/h6-9,14H,3-5,10-13H2,1-2H3,(H,19,21,23). The van der Waals surface area contributed by atoms with Gasteiger partial charge in [0, 0.05) is 18.7 Å². The van der Waals surface area contributed by atoms with Gasteiger partial charge in [0.25, 0.3) is 5.91 Å². The third-order valence-electron chi connectivity index (χ3n) is 3.94. The number of carbonyl (C=O) groups excluding carboxylic acids is 1. The first-order valence-corrected chi connectivity index (χ1v) is 8.80. The Kier molecular flexibility index (Phi) is 6.84. The molecule has 1 N–H and O–H groups in total. The first-order chi connectivity index (χ1) is 11.1. The molecular weight excluding hydrogens is 308 g/mol. The van der Waals surface area contributed by atoms with E-state index in [1.165, 1.54) is 6.42 Å². The molecule has 126 valence electrons. The number of nitrogens with zero attached hydrogens (tertiary/aromatic N) is 1. The molecular formula is C18H26N2O2S. The van der Waals surface area contributed by atoms with Gasteiger partial charge in [-0.3, -0.25) is 10.1 Å². The monoisotopic (exact) mass is 334 g/mol. The normalized spacial score (nSPS) is 14.7. The Hall–Kier alpha value is -1.62. The van der Waals surface area contributed by atoms with Crippen molar-refractivity contribution in [1.82, 2.24) is 10.2 Å². The maximum atomic E-state index is 12.2. The van der Waals surface area contributed by atoms with Gasteiger partial charge >= 0.3 is 0 Å². The number of piperidine rings is 1. The van der Waals surface area contributed by atoms with Gasteiger partial charge in [-0.15, -0.1) is 0 Å². The quantitative estimate of drug-likeness (QED) is 0.835. The maximum absolute atomic E-state index is 12.2. The first kappa shape index (κ1) is 17.7. The number of amides is 1. The van der Waals surface area contributed by atoms with Gasteiger partial charge in [0.05, 0.1) is 6.61 Å². The fourth-order valence-electron chi connectivity index (χ4n) is 2.46. The average Bonchev–Trinajstić information content (AvgIpc) is 2.56. The van der Waals surface area contributed by atoms with Gasteiger partial charge in [0.1, 0.15) is 5.75 Å². The topological polar surface area (TPSA) is 41.6 Å². The molecule has 0 bridgehead atoms. The zero-order chi connectivity index (χ0) is 16.7. The molecule has 23 heavy (non-hydrogen) atoms. The SMILES string of the molecule is CC(C)CCOc1ccc(C(=O)NC(=S)N2CCCCC2)cc1. The molecule has 1 amide bonds.